The van der Waals surface area contributed by atoms with Gasteiger partial charge in [0.2, 0.25) is 0 Å². The lowest BCUT2D eigenvalue weighted by Crippen LogP contribution is -2.30. The Bertz CT molecular complexity index is 831. The third kappa shape index (κ3) is 13.6. The molecule has 8 heteroatoms. The zero-order chi connectivity index (χ0) is 26.1. The number of hydrogen-bond acceptors (Lipinski definition) is 7. The smallest absolute Gasteiger partial charge is 0.119 e. The van der Waals surface area contributed by atoms with Gasteiger partial charge in [0.05, 0.1) is 10.8 Å². The number of isothiocyanates is 1. The number of alkyl halides is 1. The summed E-state index contributed by atoms with van der Waals surface area (Å²) in [5, 5.41) is 2.33. The van der Waals surface area contributed by atoms with Gasteiger partial charge in [-0.3, -0.25) is 0 Å². The SMILES string of the molecule is CC(COc1ccc(N)cc1)N(C)C.CC(COc1ccc(N=C=S)cc1)N(C)C.[2H]C([3H])I. The first-order valence-corrected chi connectivity index (χ1v) is 11.7. The minimum atomic E-state index is -0.697. The monoisotopic (exact) mass is 575 g/mol. The van der Waals surface area contributed by atoms with Crippen LogP contribution >= 0.6 is 34.8 Å². The zero-order valence-corrected chi connectivity index (χ0v) is 22.8. The molecule has 32 heavy (non-hydrogen) atoms. The van der Waals surface area contributed by atoms with Crippen molar-refractivity contribution in [1.29, 1.82) is 0 Å². The fraction of sp³-hybridized carbons (Fsp3) is 0.458. The number of benzene rings is 2. The van der Waals surface area contributed by atoms with E-state index in [1.54, 1.807) is 22.6 Å². The van der Waals surface area contributed by atoms with Crippen LogP contribution in [0.25, 0.3) is 0 Å². The number of likely N-dealkylation sites (N-methyl/N-ethyl adjacent to an activating group) is 2. The van der Waals surface area contributed by atoms with Crippen molar-refractivity contribution in [2.24, 2.45) is 4.99 Å². The van der Waals surface area contributed by atoms with Crippen LogP contribution in [0.2, 0.25) is 0 Å². The van der Waals surface area contributed by atoms with Gasteiger partial charge in [-0.1, -0.05) is 22.6 Å². The first-order chi connectivity index (χ1) is 16.0. The van der Waals surface area contributed by atoms with Crippen LogP contribution < -0.4 is 15.2 Å². The summed E-state index contributed by atoms with van der Waals surface area (Å²) in [7, 11) is 8.14. The molecule has 0 aliphatic carbocycles. The fourth-order valence-corrected chi connectivity index (χ4v) is 2.07. The van der Waals surface area contributed by atoms with Gasteiger partial charge in [-0.25, -0.2) is 0 Å². The van der Waals surface area contributed by atoms with Crippen LogP contribution in [0.15, 0.2) is 53.5 Å². The lowest BCUT2D eigenvalue weighted by Gasteiger charge is -2.19. The topological polar surface area (TPSA) is 63.3 Å². The molecule has 0 radical (unpaired) electrons. The molecule has 2 aromatic carbocycles. The van der Waals surface area contributed by atoms with Gasteiger partial charge < -0.3 is 25.0 Å². The molecule has 6 nitrogen and oxygen atoms in total. The van der Waals surface area contributed by atoms with Gasteiger partial charge in [0.25, 0.3) is 0 Å². The van der Waals surface area contributed by atoms with Crippen molar-refractivity contribution in [2.45, 2.75) is 25.9 Å². The van der Waals surface area contributed by atoms with E-state index in [9.17, 15) is 0 Å². The average molecular weight is 576 g/mol. The molecule has 0 saturated carbocycles. The minimum absolute atomic E-state index is 0.388. The number of thiocarbonyl (C=S) groups is 1. The van der Waals surface area contributed by atoms with E-state index < -0.39 is 4.88 Å². The van der Waals surface area contributed by atoms with E-state index in [4.69, 9.17) is 17.9 Å². The Morgan fingerprint density at radius 3 is 1.72 bits per heavy atom. The van der Waals surface area contributed by atoms with E-state index in [1.165, 1.54) is 0 Å². The molecule has 0 fully saturated rings. The molecule has 0 amide bonds. The summed E-state index contributed by atoms with van der Waals surface area (Å²) >= 11 is 6.20. The van der Waals surface area contributed by atoms with E-state index in [1.807, 2.05) is 76.7 Å². The number of nitrogens with zero attached hydrogens (tertiary/aromatic N) is 3. The third-order valence-electron chi connectivity index (χ3n) is 4.64. The number of nitrogen functional groups attached to an aromatic ring is 1. The summed E-state index contributed by atoms with van der Waals surface area (Å²) in [5.41, 5.74) is 7.12. The first kappa shape index (κ1) is 26.5. The zero-order valence-electron chi connectivity index (χ0n) is 21.8. The highest BCUT2D eigenvalue weighted by Crippen LogP contribution is 2.18. The van der Waals surface area contributed by atoms with Gasteiger partial charge in [-0.05, 0) is 108 Å². The number of anilines is 1. The van der Waals surface area contributed by atoms with Crippen molar-refractivity contribution in [3.05, 3.63) is 48.5 Å². The van der Waals surface area contributed by atoms with Gasteiger partial charge in [-0.15, -0.1) is 0 Å². The average Bonchev–Trinajstić information content (AvgIpc) is 2.78. The van der Waals surface area contributed by atoms with Crippen molar-refractivity contribution in [2.75, 3.05) is 52.0 Å². The molecular weight excluding hydrogens is 535 g/mol. The van der Waals surface area contributed by atoms with Gasteiger partial charge >= 0.3 is 0 Å². The van der Waals surface area contributed by atoms with E-state index in [0.29, 0.717) is 25.3 Å². The van der Waals surface area contributed by atoms with Crippen molar-refractivity contribution in [1.82, 2.24) is 9.80 Å². The van der Waals surface area contributed by atoms with E-state index in [-0.39, 0.29) is 0 Å². The third-order valence-corrected chi connectivity index (χ3v) is 4.73. The molecular formula is C24H37IN4O2S. The summed E-state index contributed by atoms with van der Waals surface area (Å²) < 4.78 is 23.7. The lowest BCUT2D eigenvalue weighted by atomic mass is 10.3. The lowest BCUT2D eigenvalue weighted by molar-refractivity contribution is 0.198. The standard InChI is InChI=1S/C12H16N2OS.C11H18N2O.CH3I/c1-10(14(2)3)8-15-12-6-4-11(5-7-12)13-9-16;1-9(13(2)3)8-14-11-6-4-10(12)5-7-11;1-2/h4-7,10H,8H2,1-3H3;4-7,9H,8,12H2,1-3H3;1H3/i;;1TD. The molecule has 0 aliphatic rings. The van der Waals surface area contributed by atoms with E-state index in [2.05, 4.69) is 46.0 Å². The normalized spacial score (nSPS) is 13.7. The number of aliphatic imine (C=N–C) groups is 1. The molecule has 0 bridgehead atoms. The van der Waals surface area contributed by atoms with Crippen molar-refractivity contribution in [3.63, 3.8) is 0 Å². The fourth-order valence-electron chi connectivity index (χ4n) is 1.97. The maximum Gasteiger partial charge on any atom is 0.119 e. The van der Waals surface area contributed by atoms with Gasteiger partial charge in [-0.2, -0.15) is 4.99 Å². The molecule has 0 aliphatic heterocycles. The Labute approximate surface area is 215 Å². The molecule has 0 spiro atoms. The maximum atomic E-state index is 6.24. The number of nitrogens with two attached hydrogens (primary N) is 1. The van der Waals surface area contributed by atoms with Crippen molar-refractivity contribution in [3.8, 4) is 11.5 Å². The Kier molecular flexibility index (Phi) is 14.8. The minimum Gasteiger partial charge on any atom is -0.492 e. The number of ether oxygens (including phenoxy) is 2. The van der Waals surface area contributed by atoms with Crippen LogP contribution in [0.3, 0.4) is 0 Å². The molecule has 3 unspecified atom stereocenters. The largest absolute Gasteiger partial charge is 0.492 e. The van der Waals surface area contributed by atoms with Crippen molar-refractivity contribution < 1.29 is 12.2 Å². The van der Waals surface area contributed by atoms with Crippen LogP contribution in [-0.2, 0) is 0 Å². The Morgan fingerprint density at radius 2 is 1.38 bits per heavy atom. The molecule has 3 atom stereocenters. The summed E-state index contributed by atoms with van der Waals surface area (Å²) in [6, 6.07) is 15.7. The van der Waals surface area contributed by atoms with Crippen LogP contribution in [0.1, 0.15) is 16.6 Å². The second-order valence-corrected chi connectivity index (χ2v) is 7.70. The molecule has 2 rings (SSSR count). The highest BCUT2D eigenvalue weighted by atomic mass is 127. The van der Waals surface area contributed by atoms with E-state index in [0.717, 1.165) is 22.9 Å². The van der Waals surface area contributed by atoms with Crippen LogP contribution in [0.5, 0.6) is 11.5 Å². The van der Waals surface area contributed by atoms with Crippen LogP contribution in [-0.4, -0.2) is 73.3 Å². The Morgan fingerprint density at radius 1 is 1.00 bits per heavy atom. The molecule has 0 aromatic heterocycles. The van der Waals surface area contributed by atoms with E-state index >= 15 is 0 Å². The highest BCUT2D eigenvalue weighted by Gasteiger charge is 2.05. The summed E-state index contributed by atoms with van der Waals surface area (Å²) in [6.45, 7) is 5.60. The van der Waals surface area contributed by atoms with Crippen LogP contribution in [0.4, 0.5) is 11.4 Å². The molecule has 2 aromatic rings. The highest BCUT2D eigenvalue weighted by molar-refractivity contribution is 14.1. The number of halogens is 1. The molecule has 178 valence electrons. The van der Waals surface area contributed by atoms with Crippen LogP contribution in [0, 0.1) is 0 Å². The van der Waals surface area contributed by atoms with Gasteiger partial charge in [0.1, 0.15) is 24.7 Å². The van der Waals surface area contributed by atoms with Gasteiger partial charge in [0, 0.05) is 20.5 Å². The predicted molar refractivity (Wildman–Crippen MR) is 149 cm³/mol. The second kappa shape index (κ2) is 17.8. The second-order valence-electron chi connectivity index (χ2n) is 7.51. The summed E-state index contributed by atoms with van der Waals surface area (Å²) in [4.78, 5) is 7.41. The maximum absolute atomic E-state index is 6.24. The molecule has 2 N–H and O–H groups in total. The Hall–Kier alpha value is -1.71. The molecule has 0 heterocycles. The predicted octanol–water partition coefficient (Wildman–Crippen LogP) is 5.40. The summed E-state index contributed by atoms with van der Waals surface area (Å²) in [5.74, 6) is 1.71. The number of rotatable bonds is 9. The van der Waals surface area contributed by atoms with Crippen molar-refractivity contribution >= 4 is 51.3 Å². The molecule has 0 saturated heterocycles. The quantitative estimate of drug-likeness (QED) is 0.142. The first-order valence-electron chi connectivity index (χ1n) is 11.2. The number of hydrogen-bond donors (Lipinski definition) is 1. The van der Waals surface area contributed by atoms with Gasteiger partial charge in [0.15, 0.2) is 0 Å². The Balaban J connectivity index is 0.000000557. The summed E-state index contributed by atoms with van der Waals surface area (Å²) in [6.07, 6.45) is 0.